The third-order valence-corrected chi connectivity index (χ3v) is 5.38. The maximum absolute atomic E-state index is 12.3. The number of methoxy groups -OCH3 is 1. The van der Waals surface area contributed by atoms with E-state index in [1.807, 2.05) is 43.1 Å². The number of nitrogens with one attached hydrogen (secondary N) is 3. The quantitative estimate of drug-likeness (QED) is 0.312. The summed E-state index contributed by atoms with van der Waals surface area (Å²) in [6, 6.07) is 8.87. The predicted molar refractivity (Wildman–Crippen MR) is 111 cm³/mol. The van der Waals surface area contributed by atoms with Gasteiger partial charge in [0.05, 0.1) is 18.0 Å². The van der Waals surface area contributed by atoms with Crippen molar-refractivity contribution in [2.45, 2.75) is 24.9 Å². The van der Waals surface area contributed by atoms with Crippen LogP contribution in [0.15, 0.2) is 52.6 Å². The summed E-state index contributed by atoms with van der Waals surface area (Å²) in [7, 11) is -0.0500. The highest BCUT2D eigenvalue weighted by molar-refractivity contribution is 7.89. The van der Waals surface area contributed by atoms with E-state index in [-0.39, 0.29) is 11.4 Å². The summed E-state index contributed by atoms with van der Waals surface area (Å²) < 4.78 is 34.1. The number of rotatable bonds is 10. The fourth-order valence-electron chi connectivity index (χ4n) is 2.54. The number of hydrogen-bond donors (Lipinski definition) is 3. The molecule has 0 aliphatic heterocycles. The van der Waals surface area contributed by atoms with E-state index in [0.717, 1.165) is 17.7 Å². The van der Waals surface area contributed by atoms with Gasteiger partial charge in [-0.25, -0.2) is 18.1 Å². The van der Waals surface area contributed by atoms with E-state index < -0.39 is 10.0 Å². The molecule has 1 aromatic carbocycles. The van der Waals surface area contributed by atoms with E-state index in [1.165, 1.54) is 7.11 Å². The van der Waals surface area contributed by atoms with E-state index in [9.17, 15) is 8.42 Å². The number of aliphatic imine (C=N–C) groups is 1. The Hall–Kier alpha value is -2.36. The molecule has 0 spiro atoms. The minimum Gasteiger partial charge on any atom is -0.383 e. The van der Waals surface area contributed by atoms with E-state index in [1.54, 1.807) is 18.2 Å². The molecule has 0 saturated heterocycles. The van der Waals surface area contributed by atoms with Crippen LogP contribution >= 0.6 is 0 Å². The number of ether oxygens (including phenoxy) is 1. The molecule has 0 bridgehead atoms. The summed E-state index contributed by atoms with van der Waals surface area (Å²) in [5.74, 6) is 0.679. The van der Waals surface area contributed by atoms with Gasteiger partial charge in [0.25, 0.3) is 0 Å². The third-order valence-electron chi connectivity index (χ3n) is 3.92. The Morgan fingerprint density at radius 1 is 1.21 bits per heavy atom. The molecule has 9 heteroatoms. The third kappa shape index (κ3) is 6.99. The fourth-order valence-corrected chi connectivity index (χ4v) is 3.62. The Morgan fingerprint density at radius 3 is 2.71 bits per heavy atom. The lowest BCUT2D eigenvalue weighted by atomic mass is 10.2. The van der Waals surface area contributed by atoms with Crippen LogP contribution in [0.5, 0.6) is 0 Å². The summed E-state index contributed by atoms with van der Waals surface area (Å²) in [4.78, 5) is 4.80. The van der Waals surface area contributed by atoms with Crippen molar-refractivity contribution in [3.63, 3.8) is 0 Å². The Bertz CT molecular complexity index is 877. The lowest BCUT2D eigenvalue weighted by molar-refractivity contribution is 0.204. The zero-order valence-corrected chi connectivity index (χ0v) is 17.4. The van der Waals surface area contributed by atoms with E-state index in [2.05, 4.69) is 20.3 Å². The predicted octanol–water partition coefficient (Wildman–Crippen LogP) is 1.21. The van der Waals surface area contributed by atoms with Gasteiger partial charge in [-0.1, -0.05) is 12.1 Å². The average molecular weight is 408 g/mol. The zero-order chi connectivity index (χ0) is 20.4. The van der Waals surface area contributed by atoms with Gasteiger partial charge in [0.15, 0.2) is 5.96 Å². The monoisotopic (exact) mass is 407 g/mol. The molecule has 0 aliphatic rings. The highest BCUT2D eigenvalue weighted by Crippen LogP contribution is 2.11. The number of aryl methyl sites for hydroxylation is 1. The van der Waals surface area contributed by atoms with Crippen molar-refractivity contribution in [3.05, 3.63) is 53.9 Å². The topological polar surface area (TPSA) is 96.8 Å². The van der Waals surface area contributed by atoms with Crippen molar-refractivity contribution in [2.24, 2.45) is 12.0 Å². The van der Waals surface area contributed by atoms with Crippen LogP contribution in [0.1, 0.15) is 18.1 Å². The molecular formula is C19H29N5O3S. The van der Waals surface area contributed by atoms with Crippen molar-refractivity contribution >= 4 is 16.0 Å². The molecule has 8 nitrogen and oxygen atoms in total. The highest BCUT2D eigenvalue weighted by atomic mass is 32.2. The van der Waals surface area contributed by atoms with Crippen LogP contribution < -0.4 is 15.4 Å². The lowest BCUT2D eigenvalue weighted by Gasteiger charge is -2.12. The summed E-state index contributed by atoms with van der Waals surface area (Å²) in [5.41, 5.74) is 1.97. The number of nitrogens with zero attached hydrogens (tertiary/aromatic N) is 2. The molecule has 28 heavy (non-hydrogen) atoms. The van der Waals surface area contributed by atoms with Crippen molar-refractivity contribution < 1.29 is 13.2 Å². The van der Waals surface area contributed by atoms with Gasteiger partial charge >= 0.3 is 0 Å². The van der Waals surface area contributed by atoms with Gasteiger partial charge in [-0.05, 0) is 36.2 Å². The number of guanidine groups is 1. The second kappa shape index (κ2) is 10.8. The van der Waals surface area contributed by atoms with Gasteiger partial charge in [-0.15, -0.1) is 0 Å². The first-order valence-corrected chi connectivity index (χ1v) is 10.6. The van der Waals surface area contributed by atoms with Crippen LogP contribution in [0.2, 0.25) is 0 Å². The maximum Gasteiger partial charge on any atom is 0.240 e. The largest absolute Gasteiger partial charge is 0.383 e. The average Bonchev–Trinajstić information content (AvgIpc) is 3.09. The molecule has 2 aromatic rings. The summed E-state index contributed by atoms with van der Waals surface area (Å²) in [6.07, 6.45) is 4.01. The van der Waals surface area contributed by atoms with Crippen molar-refractivity contribution in [1.29, 1.82) is 0 Å². The standard InChI is InChI=1S/C19H29N5O3S/c1-4-20-19(22-14-17-8-10-24(2)15-17)21-13-16-6-5-7-18(12-16)28(25,26)23-9-11-27-3/h5-8,10,12,15,23H,4,9,11,13-14H2,1-3H3,(H2,20,21,22). The number of sulfonamides is 1. The molecule has 0 amide bonds. The van der Waals surface area contributed by atoms with Crippen molar-refractivity contribution in [2.75, 3.05) is 26.8 Å². The van der Waals surface area contributed by atoms with Crippen molar-refractivity contribution in [3.8, 4) is 0 Å². The molecule has 0 unspecified atom stereocenters. The SMILES string of the molecule is CCNC(=NCc1ccn(C)c1)NCc1cccc(S(=O)(=O)NCCOC)c1. The molecule has 0 fully saturated rings. The smallest absolute Gasteiger partial charge is 0.240 e. The van der Waals surface area contributed by atoms with E-state index >= 15 is 0 Å². The molecule has 0 saturated carbocycles. The Labute approximate surface area is 167 Å². The maximum atomic E-state index is 12.3. The highest BCUT2D eigenvalue weighted by Gasteiger charge is 2.13. The first kappa shape index (κ1) is 21.9. The van der Waals surface area contributed by atoms with Crippen LogP contribution in [0.3, 0.4) is 0 Å². The van der Waals surface area contributed by atoms with Gasteiger partial charge in [-0.3, -0.25) is 0 Å². The summed E-state index contributed by atoms with van der Waals surface area (Å²) >= 11 is 0. The Morgan fingerprint density at radius 2 is 2.04 bits per heavy atom. The zero-order valence-electron chi connectivity index (χ0n) is 16.6. The van der Waals surface area contributed by atoms with Crippen molar-refractivity contribution in [1.82, 2.24) is 19.9 Å². The minimum atomic E-state index is -3.55. The Balaban J connectivity index is 2.01. The molecule has 3 N–H and O–H groups in total. The molecule has 0 radical (unpaired) electrons. The lowest BCUT2D eigenvalue weighted by Crippen LogP contribution is -2.36. The molecule has 0 atom stereocenters. The molecule has 2 rings (SSSR count). The van der Waals surface area contributed by atoms with Gasteiger partial charge in [0.2, 0.25) is 10.0 Å². The van der Waals surface area contributed by atoms with Crippen LogP contribution in [0, 0.1) is 0 Å². The van der Waals surface area contributed by atoms with Gasteiger partial charge in [-0.2, -0.15) is 0 Å². The first-order valence-electron chi connectivity index (χ1n) is 9.15. The van der Waals surface area contributed by atoms with Crippen LogP contribution in [-0.2, 0) is 34.9 Å². The van der Waals surface area contributed by atoms with Gasteiger partial charge < -0.3 is 19.9 Å². The molecule has 154 valence electrons. The minimum absolute atomic E-state index is 0.231. The molecule has 0 aliphatic carbocycles. The van der Waals surface area contributed by atoms with E-state index in [0.29, 0.717) is 25.7 Å². The van der Waals surface area contributed by atoms with Gasteiger partial charge in [0.1, 0.15) is 0 Å². The second-order valence-corrected chi connectivity index (χ2v) is 8.04. The Kier molecular flexibility index (Phi) is 8.49. The van der Waals surface area contributed by atoms with Crippen LogP contribution in [0.25, 0.3) is 0 Å². The first-order chi connectivity index (χ1) is 13.4. The summed E-state index contributed by atoms with van der Waals surface area (Å²) in [6.45, 7) is 4.32. The molecule has 1 aromatic heterocycles. The summed E-state index contributed by atoms with van der Waals surface area (Å²) in [5, 5.41) is 6.44. The number of benzene rings is 1. The number of hydrogen-bond acceptors (Lipinski definition) is 4. The van der Waals surface area contributed by atoms with Crippen LogP contribution in [-0.4, -0.2) is 45.8 Å². The van der Waals surface area contributed by atoms with Gasteiger partial charge in [0, 0.05) is 46.2 Å². The second-order valence-electron chi connectivity index (χ2n) is 6.27. The van der Waals surface area contributed by atoms with E-state index in [4.69, 9.17) is 4.74 Å². The fraction of sp³-hybridized carbons (Fsp3) is 0.421. The normalized spacial score (nSPS) is 12.2. The molecular weight excluding hydrogens is 378 g/mol. The van der Waals surface area contributed by atoms with Crippen LogP contribution in [0.4, 0.5) is 0 Å². The molecule has 1 heterocycles. The number of aromatic nitrogens is 1.